The van der Waals surface area contributed by atoms with Crippen LogP contribution in [0.1, 0.15) is 27.2 Å². The zero-order chi connectivity index (χ0) is 10.5. The Balaban J connectivity index is 3.82. The van der Waals surface area contributed by atoms with Crippen molar-refractivity contribution in [1.82, 2.24) is 5.32 Å². The Kier molecular flexibility index (Phi) is 5.56. The standard InChI is InChI=1S/C9H18BrNO2/c1-5-9(2,3)11-6-7(10)8(12)13-4/h7,11H,5-6H2,1-4H3. The van der Waals surface area contributed by atoms with E-state index in [1.54, 1.807) is 0 Å². The van der Waals surface area contributed by atoms with Crippen molar-refractivity contribution in [2.45, 2.75) is 37.6 Å². The van der Waals surface area contributed by atoms with Gasteiger partial charge in [-0.05, 0) is 20.3 Å². The second-order valence-electron chi connectivity index (χ2n) is 3.61. The minimum atomic E-state index is -0.261. The summed E-state index contributed by atoms with van der Waals surface area (Å²) in [5, 5.41) is 3.28. The normalized spacial score (nSPS) is 13.9. The third kappa shape index (κ3) is 5.26. The van der Waals surface area contributed by atoms with Gasteiger partial charge in [0.15, 0.2) is 0 Å². The van der Waals surface area contributed by atoms with Crippen LogP contribution in [0.4, 0.5) is 0 Å². The molecule has 3 nitrogen and oxygen atoms in total. The molecule has 1 atom stereocenters. The first-order chi connectivity index (χ1) is 5.93. The van der Waals surface area contributed by atoms with Crippen molar-refractivity contribution in [2.24, 2.45) is 0 Å². The zero-order valence-corrected chi connectivity index (χ0v) is 10.3. The van der Waals surface area contributed by atoms with Crippen LogP contribution in [0.25, 0.3) is 0 Å². The number of carbonyl (C=O) groups excluding carboxylic acids is 1. The van der Waals surface area contributed by atoms with E-state index in [1.807, 2.05) is 0 Å². The van der Waals surface area contributed by atoms with E-state index in [0.717, 1.165) is 6.42 Å². The van der Waals surface area contributed by atoms with Crippen LogP contribution in [0, 0.1) is 0 Å². The minimum Gasteiger partial charge on any atom is -0.468 e. The summed E-state index contributed by atoms with van der Waals surface area (Å²) >= 11 is 3.25. The Labute approximate surface area is 88.4 Å². The maximum atomic E-state index is 11.0. The molecule has 78 valence electrons. The number of hydrogen-bond acceptors (Lipinski definition) is 3. The lowest BCUT2D eigenvalue weighted by Gasteiger charge is -2.25. The molecular formula is C9H18BrNO2. The van der Waals surface area contributed by atoms with Crippen molar-refractivity contribution in [1.29, 1.82) is 0 Å². The number of alkyl halides is 1. The van der Waals surface area contributed by atoms with E-state index in [-0.39, 0.29) is 16.3 Å². The van der Waals surface area contributed by atoms with Crippen molar-refractivity contribution in [3.05, 3.63) is 0 Å². The monoisotopic (exact) mass is 251 g/mol. The molecule has 1 unspecified atom stereocenters. The number of carbonyl (C=O) groups is 1. The van der Waals surface area contributed by atoms with Crippen LogP contribution < -0.4 is 5.32 Å². The van der Waals surface area contributed by atoms with Gasteiger partial charge < -0.3 is 10.1 Å². The van der Waals surface area contributed by atoms with Crippen molar-refractivity contribution in [3.63, 3.8) is 0 Å². The molecule has 13 heavy (non-hydrogen) atoms. The number of methoxy groups -OCH3 is 1. The van der Waals surface area contributed by atoms with Gasteiger partial charge in [-0.15, -0.1) is 0 Å². The van der Waals surface area contributed by atoms with Gasteiger partial charge in [-0.2, -0.15) is 0 Å². The fourth-order valence-electron chi connectivity index (χ4n) is 0.702. The van der Waals surface area contributed by atoms with Crippen LogP contribution in [0.15, 0.2) is 0 Å². The van der Waals surface area contributed by atoms with Crippen LogP contribution in [0.2, 0.25) is 0 Å². The zero-order valence-electron chi connectivity index (χ0n) is 8.69. The summed E-state index contributed by atoms with van der Waals surface area (Å²) in [5.41, 5.74) is 0.0695. The summed E-state index contributed by atoms with van der Waals surface area (Å²) in [5.74, 6) is -0.237. The average Bonchev–Trinajstić information content (AvgIpc) is 2.13. The summed E-state index contributed by atoms with van der Waals surface area (Å²) in [7, 11) is 1.39. The number of hydrogen-bond donors (Lipinski definition) is 1. The van der Waals surface area contributed by atoms with E-state index in [2.05, 4.69) is 46.8 Å². The molecule has 0 heterocycles. The Hall–Kier alpha value is -0.0900. The molecule has 0 aliphatic carbocycles. The van der Waals surface area contributed by atoms with Gasteiger partial charge in [0, 0.05) is 12.1 Å². The molecule has 0 aromatic heterocycles. The van der Waals surface area contributed by atoms with E-state index in [0.29, 0.717) is 6.54 Å². The number of rotatable bonds is 5. The molecule has 0 bridgehead atoms. The summed E-state index contributed by atoms with van der Waals surface area (Å²) in [6.07, 6.45) is 1.02. The molecule has 0 aliphatic rings. The second-order valence-corrected chi connectivity index (χ2v) is 4.71. The Morgan fingerprint density at radius 2 is 2.15 bits per heavy atom. The van der Waals surface area contributed by atoms with Crippen LogP contribution in [0.5, 0.6) is 0 Å². The van der Waals surface area contributed by atoms with Gasteiger partial charge in [-0.1, -0.05) is 22.9 Å². The third-order valence-corrected chi connectivity index (χ3v) is 2.80. The van der Waals surface area contributed by atoms with Gasteiger partial charge in [0.25, 0.3) is 0 Å². The largest absolute Gasteiger partial charge is 0.468 e. The van der Waals surface area contributed by atoms with E-state index < -0.39 is 0 Å². The number of nitrogens with one attached hydrogen (secondary N) is 1. The van der Waals surface area contributed by atoms with Gasteiger partial charge in [0.1, 0.15) is 4.83 Å². The van der Waals surface area contributed by atoms with Gasteiger partial charge in [0.2, 0.25) is 0 Å². The van der Waals surface area contributed by atoms with Gasteiger partial charge in [-0.25, -0.2) is 0 Å². The van der Waals surface area contributed by atoms with E-state index >= 15 is 0 Å². The highest BCUT2D eigenvalue weighted by Gasteiger charge is 2.19. The first-order valence-electron chi connectivity index (χ1n) is 4.40. The van der Waals surface area contributed by atoms with E-state index in [4.69, 9.17) is 0 Å². The second kappa shape index (κ2) is 5.60. The van der Waals surface area contributed by atoms with Crippen molar-refractivity contribution >= 4 is 21.9 Å². The molecule has 0 fully saturated rings. The molecule has 0 radical (unpaired) electrons. The molecule has 4 heteroatoms. The first-order valence-corrected chi connectivity index (χ1v) is 5.31. The average molecular weight is 252 g/mol. The van der Waals surface area contributed by atoms with E-state index in [1.165, 1.54) is 7.11 Å². The predicted molar refractivity (Wildman–Crippen MR) is 57.1 cm³/mol. The molecule has 0 amide bonds. The molecule has 0 saturated carbocycles. The third-order valence-electron chi connectivity index (χ3n) is 2.10. The highest BCUT2D eigenvalue weighted by Crippen LogP contribution is 2.08. The van der Waals surface area contributed by atoms with Crippen molar-refractivity contribution < 1.29 is 9.53 Å². The van der Waals surface area contributed by atoms with Crippen LogP contribution in [-0.2, 0) is 9.53 Å². The molecule has 0 aromatic rings. The molecule has 0 saturated heterocycles. The van der Waals surface area contributed by atoms with Crippen LogP contribution >= 0.6 is 15.9 Å². The maximum Gasteiger partial charge on any atom is 0.320 e. The summed E-state index contributed by atoms with van der Waals surface area (Å²) in [4.78, 5) is 10.7. The lowest BCUT2D eigenvalue weighted by molar-refractivity contribution is -0.139. The molecule has 0 rings (SSSR count). The number of halogens is 1. The fourth-order valence-corrected chi connectivity index (χ4v) is 1.05. The molecule has 1 N–H and O–H groups in total. The summed E-state index contributed by atoms with van der Waals surface area (Å²) in [6, 6.07) is 0. The Bertz CT molecular complexity index is 171. The lowest BCUT2D eigenvalue weighted by atomic mass is 10.0. The number of esters is 1. The highest BCUT2D eigenvalue weighted by atomic mass is 79.9. The van der Waals surface area contributed by atoms with Crippen molar-refractivity contribution in [3.8, 4) is 0 Å². The predicted octanol–water partition coefficient (Wildman–Crippen LogP) is 1.70. The first kappa shape index (κ1) is 12.9. The molecule has 0 spiro atoms. The summed E-state index contributed by atoms with van der Waals surface area (Å²) in [6.45, 7) is 6.90. The Morgan fingerprint density at radius 3 is 2.54 bits per heavy atom. The molecule has 0 aliphatic heterocycles. The minimum absolute atomic E-state index is 0.0695. The quantitative estimate of drug-likeness (QED) is 0.598. The smallest absolute Gasteiger partial charge is 0.320 e. The lowest BCUT2D eigenvalue weighted by Crippen LogP contribution is -2.43. The van der Waals surface area contributed by atoms with Crippen LogP contribution in [0.3, 0.4) is 0 Å². The highest BCUT2D eigenvalue weighted by molar-refractivity contribution is 9.10. The topological polar surface area (TPSA) is 38.3 Å². The van der Waals surface area contributed by atoms with Crippen molar-refractivity contribution in [2.75, 3.05) is 13.7 Å². The van der Waals surface area contributed by atoms with Gasteiger partial charge in [-0.3, -0.25) is 4.79 Å². The molecule has 0 aromatic carbocycles. The fraction of sp³-hybridized carbons (Fsp3) is 0.889. The SMILES string of the molecule is CCC(C)(C)NCC(Br)C(=O)OC. The van der Waals surface area contributed by atoms with Gasteiger partial charge in [0.05, 0.1) is 7.11 Å². The van der Waals surface area contributed by atoms with Crippen LogP contribution in [-0.4, -0.2) is 30.0 Å². The Morgan fingerprint density at radius 1 is 1.62 bits per heavy atom. The van der Waals surface area contributed by atoms with E-state index in [9.17, 15) is 4.79 Å². The summed E-state index contributed by atoms with van der Waals surface area (Å²) < 4.78 is 4.59. The number of ether oxygens (including phenoxy) is 1. The van der Waals surface area contributed by atoms with Gasteiger partial charge >= 0.3 is 5.97 Å². The maximum absolute atomic E-state index is 11.0. The molecular weight excluding hydrogens is 234 g/mol.